The standard InChI is InChI=1S/C20H12N4O3/c21-12-13-6-8-14(9-7-13)18(25)22-16-4-1-3-15(11-16)19-23-24-20(27-19)17-5-2-10-26-17/h1-11H,(H,22,25). The maximum absolute atomic E-state index is 12.4. The second-order valence-corrected chi connectivity index (χ2v) is 5.61. The van der Waals surface area contributed by atoms with Crippen LogP contribution in [0, 0.1) is 11.3 Å². The number of aromatic nitrogens is 2. The third-order valence-corrected chi connectivity index (χ3v) is 3.80. The van der Waals surface area contributed by atoms with Gasteiger partial charge in [0.05, 0.1) is 17.9 Å². The fraction of sp³-hybridized carbons (Fsp3) is 0. The van der Waals surface area contributed by atoms with Gasteiger partial charge in [0.25, 0.3) is 11.8 Å². The number of hydrogen-bond acceptors (Lipinski definition) is 6. The molecule has 27 heavy (non-hydrogen) atoms. The average Bonchev–Trinajstić information content (AvgIpc) is 3.40. The Hall–Kier alpha value is -4.18. The van der Waals surface area contributed by atoms with Crippen LogP contribution in [-0.2, 0) is 0 Å². The second kappa shape index (κ2) is 6.98. The van der Waals surface area contributed by atoms with Crippen LogP contribution in [0.3, 0.4) is 0 Å². The zero-order valence-corrected chi connectivity index (χ0v) is 13.9. The summed E-state index contributed by atoms with van der Waals surface area (Å²) in [5, 5.41) is 19.6. The van der Waals surface area contributed by atoms with Gasteiger partial charge in [-0.25, -0.2) is 0 Å². The summed E-state index contributed by atoms with van der Waals surface area (Å²) in [5.74, 6) is 0.801. The molecule has 0 spiro atoms. The predicted molar refractivity (Wildman–Crippen MR) is 96.5 cm³/mol. The van der Waals surface area contributed by atoms with Crippen molar-refractivity contribution in [2.45, 2.75) is 0 Å². The van der Waals surface area contributed by atoms with Crippen molar-refractivity contribution >= 4 is 11.6 Å². The third-order valence-electron chi connectivity index (χ3n) is 3.80. The Kier molecular flexibility index (Phi) is 4.21. The van der Waals surface area contributed by atoms with Crippen LogP contribution in [-0.4, -0.2) is 16.1 Å². The highest BCUT2D eigenvalue weighted by Gasteiger charge is 2.13. The molecule has 0 aliphatic rings. The van der Waals surface area contributed by atoms with Crippen molar-refractivity contribution in [2.75, 3.05) is 5.32 Å². The van der Waals surface area contributed by atoms with E-state index in [9.17, 15) is 4.79 Å². The number of anilines is 1. The van der Waals surface area contributed by atoms with Gasteiger partial charge in [-0.05, 0) is 54.6 Å². The van der Waals surface area contributed by atoms with Crippen LogP contribution >= 0.6 is 0 Å². The molecule has 0 aliphatic carbocycles. The van der Waals surface area contributed by atoms with Crippen molar-refractivity contribution in [2.24, 2.45) is 0 Å². The smallest absolute Gasteiger partial charge is 0.283 e. The van der Waals surface area contributed by atoms with E-state index in [1.54, 1.807) is 60.7 Å². The Bertz CT molecular complexity index is 1120. The first-order valence-electron chi connectivity index (χ1n) is 8.02. The van der Waals surface area contributed by atoms with E-state index < -0.39 is 0 Å². The number of nitriles is 1. The number of benzene rings is 2. The molecule has 0 aliphatic heterocycles. The molecule has 0 fully saturated rings. The highest BCUT2D eigenvalue weighted by atomic mass is 16.4. The summed E-state index contributed by atoms with van der Waals surface area (Å²) in [5.41, 5.74) is 2.20. The zero-order valence-electron chi connectivity index (χ0n) is 13.9. The van der Waals surface area contributed by atoms with Crippen LogP contribution in [0.15, 0.2) is 75.8 Å². The Labute approximate surface area is 153 Å². The van der Waals surface area contributed by atoms with Crippen molar-refractivity contribution in [1.29, 1.82) is 5.26 Å². The fourth-order valence-electron chi connectivity index (χ4n) is 2.47. The number of furan rings is 1. The molecule has 2 aromatic carbocycles. The van der Waals surface area contributed by atoms with Gasteiger partial charge in [-0.2, -0.15) is 5.26 Å². The van der Waals surface area contributed by atoms with Gasteiger partial charge in [0.2, 0.25) is 5.89 Å². The molecule has 7 heteroatoms. The van der Waals surface area contributed by atoms with Gasteiger partial charge in [-0.1, -0.05) is 6.07 Å². The number of amides is 1. The summed E-state index contributed by atoms with van der Waals surface area (Å²) < 4.78 is 10.9. The molecular weight excluding hydrogens is 344 g/mol. The fourth-order valence-corrected chi connectivity index (χ4v) is 2.47. The molecule has 0 saturated heterocycles. The van der Waals surface area contributed by atoms with Crippen LogP contribution in [0.1, 0.15) is 15.9 Å². The minimum absolute atomic E-state index is 0.279. The first kappa shape index (κ1) is 16.3. The number of carbonyl (C=O) groups excluding carboxylic acids is 1. The monoisotopic (exact) mass is 356 g/mol. The minimum atomic E-state index is -0.279. The lowest BCUT2D eigenvalue weighted by molar-refractivity contribution is 0.102. The van der Waals surface area contributed by atoms with Crippen LogP contribution in [0.5, 0.6) is 0 Å². The number of rotatable bonds is 4. The maximum Gasteiger partial charge on any atom is 0.283 e. The minimum Gasteiger partial charge on any atom is -0.459 e. The molecule has 4 rings (SSSR count). The van der Waals surface area contributed by atoms with E-state index in [0.717, 1.165) is 0 Å². The lowest BCUT2D eigenvalue weighted by Crippen LogP contribution is -2.11. The SMILES string of the molecule is N#Cc1ccc(C(=O)Nc2cccc(-c3nnc(-c4ccco4)o3)c2)cc1. The van der Waals surface area contributed by atoms with Crippen LogP contribution in [0.4, 0.5) is 5.69 Å². The zero-order chi connectivity index (χ0) is 18.6. The van der Waals surface area contributed by atoms with Gasteiger partial charge in [0.15, 0.2) is 5.76 Å². The van der Waals surface area contributed by atoms with Gasteiger partial charge in [0.1, 0.15) is 0 Å². The maximum atomic E-state index is 12.4. The van der Waals surface area contributed by atoms with Gasteiger partial charge in [-0.15, -0.1) is 10.2 Å². The lowest BCUT2D eigenvalue weighted by Gasteiger charge is -2.06. The van der Waals surface area contributed by atoms with Crippen molar-refractivity contribution in [3.05, 3.63) is 78.1 Å². The number of hydrogen-bond donors (Lipinski definition) is 1. The van der Waals surface area contributed by atoms with E-state index in [2.05, 4.69) is 15.5 Å². The third kappa shape index (κ3) is 3.45. The van der Waals surface area contributed by atoms with E-state index in [1.807, 2.05) is 6.07 Å². The second-order valence-electron chi connectivity index (χ2n) is 5.61. The molecule has 2 aromatic heterocycles. The molecule has 7 nitrogen and oxygen atoms in total. The van der Waals surface area contributed by atoms with Crippen molar-refractivity contribution in [1.82, 2.24) is 10.2 Å². The summed E-state index contributed by atoms with van der Waals surface area (Å²) in [6, 6.07) is 19.0. The molecule has 0 unspecified atom stereocenters. The van der Waals surface area contributed by atoms with E-state index in [-0.39, 0.29) is 11.8 Å². The van der Waals surface area contributed by atoms with Gasteiger partial charge in [0, 0.05) is 16.8 Å². The number of carbonyl (C=O) groups is 1. The summed E-state index contributed by atoms with van der Waals surface area (Å²) in [7, 11) is 0. The number of nitrogens with one attached hydrogen (secondary N) is 1. The average molecular weight is 356 g/mol. The molecule has 1 amide bonds. The molecule has 0 atom stereocenters. The molecule has 0 bridgehead atoms. The summed E-state index contributed by atoms with van der Waals surface area (Å²) in [4.78, 5) is 12.4. The van der Waals surface area contributed by atoms with Gasteiger partial charge in [-0.3, -0.25) is 4.79 Å². The Morgan fingerprint density at radius 2 is 1.81 bits per heavy atom. The molecule has 2 heterocycles. The Morgan fingerprint density at radius 3 is 2.56 bits per heavy atom. The van der Waals surface area contributed by atoms with Crippen LogP contribution in [0.25, 0.3) is 23.1 Å². The lowest BCUT2D eigenvalue weighted by atomic mass is 10.1. The van der Waals surface area contributed by atoms with E-state index >= 15 is 0 Å². The quantitative estimate of drug-likeness (QED) is 0.590. The van der Waals surface area contributed by atoms with Crippen molar-refractivity contribution < 1.29 is 13.6 Å². The van der Waals surface area contributed by atoms with Crippen LogP contribution < -0.4 is 5.32 Å². The normalized spacial score (nSPS) is 10.3. The van der Waals surface area contributed by atoms with Crippen LogP contribution in [0.2, 0.25) is 0 Å². The van der Waals surface area contributed by atoms with E-state index in [1.165, 1.54) is 6.26 Å². The topological polar surface area (TPSA) is 105 Å². The number of nitrogens with zero attached hydrogens (tertiary/aromatic N) is 3. The largest absolute Gasteiger partial charge is 0.459 e. The predicted octanol–water partition coefficient (Wildman–Crippen LogP) is 4.12. The molecule has 0 radical (unpaired) electrons. The Morgan fingerprint density at radius 1 is 1.00 bits per heavy atom. The Balaban J connectivity index is 1.54. The van der Waals surface area contributed by atoms with Gasteiger partial charge >= 0.3 is 0 Å². The molecule has 130 valence electrons. The highest BCUT2D eigenvalue weighted by molar-refractivity contribution is 6.04. The summed E-state index contributed by atoms with van der Waals surface area (Å²) >= 11 is 0. The summed E-state index contributed by atoms with van der Waals surface area (Å²) in [6.45, 7) is 0. The molecule has 4 aromatic rings. The molecule has 1 N–H and O–H groups in total. The van der Waals surface area contributed by atoms with Gasteiger partial charge < -0.3 is 14.2 Å². The molecular formula is C20H12N4O3. The first-order chi connectivity index (χ1) is 13.2. The summed E-state index contributed by atoms with van der Waals surface area (Å²) in [6.07, 6.45) is 1.53. The van der Waals surface area contributed by atoms with E-state index in [0.29, 0.717) is 34.0 Å². The van der Waals surface area contributed by atoms with Crippen molar-refractivity contribution in [3.8, 4) is 29.2 Å². The van der Waals surface area contributed by atoms with E-state index in [4.69, 9.17) is 14.1 Å². The molecule has 0 saturated carbocycles. The first-order valence-corrected chi connectivity index (χ1v) is 8.02. The van der Waals surface area contributed by atoms with Crippen molar-refractivity contribution in [3.63, 3.8) is 0 Å². The highest BCUT2D eigenvalue weighted by Crippen LogP contribution is 2.26.